The van der Waals surface area contributed by atoms with E-state index >= 15 is 0 Å². The van der Waals surface area contributed by atoms with Crippen molar-refractivity contribution in [1.82, 2.24) is 4.67 Å². The number of nitrogens with zero attached hydrogens (tertiary/aromatic N) is 1. The van der Waals surface area contributed by atoms with E-state index in [4.69, 9.17) is 4.52 Å². The van der Waals surface area contributed by atoms with Gasteiger partial charge in [-0.3, -0.25) is 0 Å². The van der Waals surface area contributed by atoms with Crippen molar-refractivity contribution >= 4 is 8.53 Å². The SMILES string of the molecule is C[C@@H]1COP(O)N(C)[C@H]2CCCC[C@@H]12. The lowest BCUT2D eigenvalue weighted by Gasteiger charge is -2.37. The highest BCUT2D eigenvalue weighted by atomic mass is 31.2. The molecule has 2 fully saturated rings. The van der Waals surface area contributed by atoms with Gasteiger partial charge in [-0.1, -0.05) is 19.8 Å². The molecule has 1 aliphatic heterocycles. The van der Waals surface area contributed by atoms with E-state index in [1.165, 1.54) is 25.7 Å². The van der Waals surface area contributed by atoms with Gasteiger partial charge in [0.25, 0.3) is 8.53 Å². The van der Waals surface area contributed by atoms with Crippen molar-refractivity contribution in [2.24, 2.45) is 11.8 Å². The lowest BCUT2D eigenvalue weighted by atomic mass is 9.77. The molecule has 2 aliphatic rings. The number of hydrogen-bond acceptors (Lipinski definition) is 3. The van der Waals surface area contributed by atoms with Crippen LogP contribution in [-0.4, -0.2) is 29.3 Å². The quantitative estimate of drug-likeness (QED) is 0.632. The fraction of sp³-hybridized carbons (Fsp3) is 1.00. The van der Waals surface area contributed by atoms with Crippen LogP contribution < -0.4 is 0 Å². The van der Waals surface area contributed by atoms with Crippen LogP contribution >= 0.6 is 8.53 Å². The van der Waals surface area contributed by atoms with E-state index in [1.54, 1.807) is 0 Å². The minimum absolute atomic E-state index is 0.553. The van der Waals surface area contributed by atoms with Gasteiger partial charge >= 0.3 is 0 Å². The molecule has 0 radical (unpaired) electrons. The Morgan fingerprint density at radius 2 is 2.07 bits per heavy atom. The lowest BCUT2D eigenvalue weighted by molar-refractivity contribution is 0.150. The van der Waals surface area contributed by atoms with Crippen LogP contribution in [0.15, 0.2) is 0 Å². The lowest BCUT2D eigenvalue weighted by Crippen LogP contribution is -2.38. The van der Waals surface area contributed by atoms with E-state index in [2.05, 4.69) is 11.6 Å². The van der Waals surface area contributed by atoms with Gasteiger partial charge in [0.1, 0.15) is 0 Å². The smallest absolute Gasteiger partial charge is 0.255 e. The second kappa shape index (κ2) is 4.44. The van der Waals surface area contributed by atoms with Crippen molar-refractivity contribution in [2.75, 3.05) is 13.7 Å². The zero-order valence-corrected chi connectivity index (χ0v) is 9.91. The van der Waals surface area contributed by atoms with Crippen molar-refractivity contribution < 1.29 is 9.42 Å². The third-order valence-corrected chi connectivity index (χ3v) is 4.93. The van der Waals surface area contributed by atoms with Gasteiger partial charge in [-0.25, -0.2) is 4.67 Å². The molecule has 14 heavy (non-hydrogen) atoms. The highest BCUT2D eigenvalue weighted by Gasteiger charge is 2.38. The van der Waals surface area contributed by atoms with Crippen LogP contribution in [0.2, 0.25) is 0 Å². The highest BCUT2D eigenvalue weighted by Crippen LogP contribution is 2.47. The maximum atomic E-state index is 9.78. The fourth-order valence-electron chi connectivity index (χ4n) is 2.79. The molecule has 1 saturated heterocycles. The van der Waals surface area contributed by atoms with Crippen LogP contribution in [0.25, 0.3) is 0 Å². The molecule has 1 unspecified atom stereocenters. The Morgan fingerprint density at radius 3 is 2.86 bits per heavy atom. The highest BCUT2D eigenvalue weighted by molar-refractivity contribution is 7.43. The minimum atomic E-state index is -1.32. The van der Waals surface area contributed by atoms with Gasteiger partial charge in [0, 0.05) is 6.04 Å². The van der Waals surface area contributed by atoms with Crippen LogP contribution in [0.4, 0.5) is 0 Å². The molecular formula is C10H20NO2P. The zero-order chi connectivity index (χ0) is 10.1. The molecule has 1 aliphatic carbocycles. The van der Waals surface area contributed by atoms with Crippen molar-refractivity contribution in [3.05, 3.63) is 0 Å². The Hall–Kier alpha value is 0.310. The van der Waals surface area contributed by atoms with Crippen LogP contribution in [0.1, 0.15) is 32.6 Å². The summed E-state index contributed by atoms with van der Waals surface area (Å²) in [6.07, 6.45) is 5.20. The van der Waals surface area contributed by atoms with E-state index in [-0.39, 0.29) is 0 Å². The largest absolute Gasteiger partial charge is 0.338 e. The molecular weight excluding hydrogens is 197 g/mol. The van der Waals surface area contributed by atoms with Gasteiger partial charge in [0.2, 0.25) is 0 Å². The van der Waals surface area contributed by atoms with Gasteiger partial charge < -0.3 is 9.42 Å². The summed E-state index contributed by atoms with van der Waals surface area (Å²) in [6.45, 7) is 2.99. The molecule has 82 valence electrons. The summed E-state index contributed by atoms with van der Waals surface area (Å²) in [5, 5.41) is 0. The number of rotatable bonds is 0. The summed E-state index contributed by atoms with van der Waals surface area (Å²) in [7, 11) is 0.690. The molecule has 3 nitrogen and oxygen atoms in total. The minimum Gasteiger partial charge on any atom is -0.338 e. The molecule has 0 aromatic heterocycles. The maximum Gasteiger partial charge on any atom is 0.255 e. The zero-order valence-electron chi connectivity index (χ0n) is 9.02. The van der Waals surface area contributed by atoms with Gasteiger partial charge in [0.05, 0.1) is 6.61 Å². The van der Waals surface area contributed by atoms with Crippen LogP contribution in [0.5, 0.6) is 0 Å². The number of fused-ring (bicyclic) bond motifs is 1. The van der Waals surface area contributed by atoms with Gasteiger partial charge in [0.15, 0.2) is 0 Å². The molecule has 0 aromatic rings. The summed E-state index contributed by atoms with van der Waals surface area (Å²) in [4.78, 5) is 9.78. The average Bonchev–Trinajstić information content (AvgIpc) is 2.33. The normalized spacial score (nSPS) is 45.6. The Balaban J connectivity index is 2.13. The fourth-order valence-corrected chi connectivity index (χ4v) is 3.88. The first-order valence-corrected chi connectivity index (χ1v) is 6.71. The maximum absolute atomic E-state index is 9.78. The molecule has 4 heteroatoms. The molecule has 0 aromatic carbocycles. The molecule has 0 bridgehead atoms. The van der Waals surface area contributed by atoms with Crippen LogP contribution in [-0.2, 0) is 4.52 Å². The molecule has 1 saturated carbocycles. The first-order valence-electron chi connectivity index (χ1n) is 5.55. The van der Waals surface area contributed by atoms with E-state index < -0.39 is 8.53 Å². The number of hydrogen-bond donors (Lipinski definition) is 1. The molecule has 2 rings (SSSR count). The van der Waals surface area contributed by atoms with E-state index in [9.17, 15) is 4.89 Å². The van der Waals surface area contributed by atoms with Crippen molar-refractivity contribution in [3.63, 3.8) is 0 Å². The third-order valence-electron chi connectivity index (χ3n) is 3.72. The Morgan fingerprint density at radius 1 is 1.36 bits per heavy atom. The first kappa shape index (κ1) is 10.8. The first-order chi connectivity index (χ1) is 6.70. The molecule has 0 amide bonds. The summed E-state index contributed by atoms with van der Waals surface area (Å²) in [5.74, 6) is 1.33. The van der Waals surface area contributed by atoms with E-state index in [1.807, 2.05) is 7.05 Å². The molecule has 4 atom stereocenters. The molecule has 1 N–H and O–H groups in total. The predicted molar refractivity (Wildman–Crippen MR) is 57.8 cm³/mol. The van der Waals surface area contributed by atoms with Gasteiger partial charge in [-0.15, -0.1) is 0 Å². The summed E-state index contributed by atoms with van der Waals surface area (Å²) in [5.41, 5.74) is 0. The standard InChI is InChI=1S/C10H20NO2P/c1-8-7-13-14(12)11(2)10-6-4-3-5-9(8)10/h8-10,12H,3-7H2,1-2H3/t8-,9+,10+,14?/m1/s1. The van der Waals surface area contributed by atoms with Crippen molar-refractivity contribution in [2.45, 2.75) is 38.6 Å². The predicted octanol–water partition coefficient (Wildman–Crippen LogP) is 2.36. The Bertz CT molecular complexity index is 203. The Kier molecular flexibility index (Phi) is 3.43. The Labute approximate surface area is 87.4 Å². The molecule has 1 heterocycles. The van der Waals surface area contributed by atoms with E-state index in [0.29, 0.717) is 12.0 Å². The van der Waals surface area contributed by atoms with E-state index in [0.717, 1.165) is 12.5 Å². The topological polar surface area (TPSA) is 32.7 Å². The van der Waals surface area contributed by atoms with Crippen molar-refractivity contribution in [1.29, 1.82) is 0 Å². The van der Waals surface area contributed by atoms with Gasteiger partial charge in [-0.2, -0.15) is 0 Å². The summed E-state index contributed by atoms with van der Waals surface area (Å²) in [6, 6.07) is 0.553. The second-order valence-electron chi connectivity index (χ2n) is 4.62. The summed E-state index contributed by atoms with van der Waals surface area (Å²) < 4.78 is 7.54. The monoisotopic (exact) mass is 217 g/mol. The molecule has 0 spiro atoms. The average molecular weight is 217 g/mol. The van der Waals surface area contributed by atoms with Crippen LogP contribution in [0.3, 0.4) is 0 Å². The van der Waals surface area contributed by atoms with Crippen LogP contribution in [0, 0.1) is 11.8 Å². The summed E-state index contributed by atoms with van der Waals surface area (Å²) >= 11 is 0. The van der Waals surface area contributed by atoms with Gasteiger partial charge in [-0.05, 0) is 31.7 Å². The second-order valence-corrected chi connectivity index (χ2v) is 6.01. The van der Waals surface area contributed by atoms with Crippen molar-refractivity contribution in [3.8, 4) is 0 Å². The third kappa shape index (κ3) is 1.96.